The Kier molecular flexibility index (Phi) is 2.27. The summed E-state index contributed by atoms with van der Waals surface area (Å²) < 4.78 is 38.0. The van der Waals surface area contributed by atoms with E-state index in [0.717, 1.165) is 0 Å². The van der Waals surface area contributed by atoms with Gasteiger partial charge in [0.05, 0.1) is 10.2 Å². The highest BCUT2D eigenvalue weighted by Crippen LogP contribution is 2.37. The first-order valence-corrected chi connectivity index (χ1v) is 5.21. The van der Waals surface area contributed by atoms with Crippen LogP contribution in [0.15, 0.2) is 22.7 Å². The molecule has 1 heterocycles. The minimum absolute atomic E-state index is 0.366. The maximum absolute atomic E-state index is 12.3. The molecular formula is C8H3BrF3NS. The molecule has 1 aromatic heterocycles. The van der Waals surface area contributed by atoms with Crippen LogP contribution in [-0.2, 0) is 6.18 Å². The topological polar surface area (TPSA) is 12.9 Å². The SMILES string of the molecule is FC(F)(F)c1nc2c(Br)cccc2s1. The molecular weight excluding hydrogens is 279 g/mol. The summed E-state index contributed by atoms with van der Waals surface area (Å²) in [6.45, 7) is 0. The average Bonchev–Trinajstić information content (AvgIpc) is 2.48. The molecule has 0 amide bonds. The van der Waals surface area contributed by atoms with E-state index in [1.165, 1.54) is 0 Å². The van der Waals surface area contributed by atoms with E-state index in [1.54, 1.807) is 18.2 Å². The van der Waals surface area contributed by atoms with E-state index in [9.17, 15) is 13.2 Å². The summed E-state index contributed by atoms with van der Waals surface area (Å²) in [4.78, 5) is 3.53. The number of thiazole rings is 1. The van der Waals surface area contributed by atoms with E-state index in [0.29, 0.717) is 26.0 Å². The van der Waals surface area contributed by atoms with Crippen molar-refractivity contribution < 1.29 is 13.2 Å². The summed E-state index contributed by atoms with van der Waals surface area (Å²) >= 11 is 3.81. The van der Waals surface area contributed by atoms with E-state index in [4.69, 9.17) is 0 Å². The van der Waals surface area contributed by atoms with Crippen molar-refractivity contribution in [3.05, 3.63) is 27.7 Å². The smallest absolute Gasteiger partial charge is 0.231 e. The molecule has 0 spiro atoms. The predicted octanol–water partition coefficient (Wildman–Crippen LogP) is 4.08. The van der Waals surface area contributed by atoms with Crippen LogP contribution in [0.25, 0.3) is 10.2 Å². The van der Waals surface area contributed by atoms with Gasteiger partial charge in [0.25, 0.3) is 0 Å². The molecule has 1 aromatic carbocycles. The summed E-state index contributed by atoms with van der Waals surface area (Å²) in [5, 5.41) is -0.806. The Labute approximate surface area is 89.7 Å². The first-order chi connectivity index (χ1) is 6.48. The Morgan fingerprint density at radius 3 is 2.57 bits per heavy atom. The minimum Gasteiger partial charge on any atom is -0.231 e. The van der Waals surface area contributed by atoms with Crippen molar-refractivity contribution in [1.29, 1.82) is 0 Å². The van der Waals surface area contributed by atoms with Gasteiger partial charge in [0.1, 0.15) is 0 Å². The number of hydrogen-bond acceptors (Lipinski definition) is 2. The first kappa shape index (κ1) is 9.92. The zero-order valence-corrected chi connectivity index (χ0v) is 9.00. The third-order valence-electron chi connectivity index (χ3n) is 1.61. The number of benzene rings is 1. The van der Waals surface area contributed by atoms with Gasteiger partial charge < -0.3 is 0 Å². The van der Waals surface area contributed by atoms with Gasteiger partial charge in [0.15, 0.2) is 5.01 Å². The van der Waals surface area contributed by atoms with Crippen molar-refractivity contribution >= 4 is 37.5 Å². The molecule has 6 heteroatoms. The van der Waals surface area contributed by atoms with E-state index in [-0.39, 0.29) is 0 Å². The highest BCUT2D eigenvalue weighted by molar-refractivity contribution is 9.10. The monoisotopic (exact) mass is 281 g/mol. The van der Waals surface area contributed by atoms with E-state index >= 15 is 0 Å². The molecule has 0 aliphatic rings. The van der Waals surface area contributed by atoms with Gasteiger partial charge in [-0.25, -0.2) is 4.98 Å². The number of fused-ring (bicyclic) bond motifs is 1. The van der Waals surface area contributed by atoms with Gasteiger partial charge in [-0.05, 0) is 28.1 Å². The lowest BCUT2D eigenvalue weighted by Crippen LogP contribution is -2.03. The van der Waals surface area contributed by atoms with Crippen molar-refractivity contribution in [1.82, 2.24) is 4.98 Å². The van der Waals surface area contributed by atoms with Gasteiger partial charge in [0, 0.05) is 4.47 Å². The maximum atomic E-state index is 12.3. The number of rotatable bonds is 0. The molecule has 1 nitrogen and oxygen atoms in total. The lowest BCUT2D eigenvalue weighted by molar-refractivity contribution is -0.137. The summed E-state index contributed by atoms with van der Waals surface area (Å²) in [5.41, 5.74) is 0.366. The van der Waals surface area contributed by atoms with Crippen LogP contribution in [0.2, 0.25) is 0 Å². The van der Waals surface area contributed by atoms with Crippen molar-refractivity contribution in [3.8, 4) is 0 Å². The van der Waals surface area contributed by atoms with Gasteiger partial charge in [-0.1, -0.05) is 6.07 Å². The second kappa shape index (κ2) is 3.20. The second-order valence-electron chi connectivity index (χ2n) is 2.60. The van der Waals surface area contributed by atoms with Gasteiger partial charge >= 0.3 is 6.18 Å². The summed E-state index contributed by atoms with van der Waals surface area (Å²) in [6, 6.07) is 4.97. The third-order valence-corrected chi connectivity index (χ3v) is 3.32. The molecule has 0 aliphatic carbocycles. The van der Waals surface area contributed by atoms with E-state index in [2.05, 4.69) is 20.9 Å². The molecule has 0 atom stereocenters. The number of halogens is 4. The molecule has 0 saturated heterocycles. The Bertz CT molecular complexity index is 477. The normalized spacial score (nSPS) is 12.3. The molecule has 0 N–H and O–H groups in total. The zero-order valence-electron chi connectivity index (χ0n) is 6.60. The van der Waals surface area contributed by atoms with Crippen LogP contribution in [-0.4, -0.2) is 4.98 Å². The highest BCUT2D eigenvalue weighted by atomic mass is 79.9. The molecule has 2 aromatic rings. The van der Waals surface area contributed by atoms with Gasteiger partial charge in [-0.3, -0.25) is 0 Å². The van der Waals surface area contributed by atoms with Crippen LogP contribution in [0.5, 0.6) is 0 Å². The van der Waals surface area contributed by atoms with E-state index in [1.807, 2.05) is 0 Å². The second-order valence-corrected chi connectivity index (χ2v) is 4.49. The van der Waals surface area contributed by atoms with Gasteiger partial charge in [-0.2, -0.15) is 13.2 Å². The number of alkyl halides is 3. The van der Waals surface area contributed by atoms with Gasteiger partial charge in [0.2, 0.25) is 0 Å². The lowest BCUT2D eigenvalue weighted by atomic mass is 10.3. The van der Waals surface area contributed by atoms with Crippen molar-refractivity contribution in [2.45, 2.75) is 6.18 Å². The molecule has 0 fully saturated rings. The standard InChI is InChI=1S/C8H3BrF3NS/c9-4-2-1-3-5-6(4)13-7(14-5)8(10,11)12/h1-3H. The summed E-state index contributed by atoms with van der Waals surface area (Å²) in [6.07, 6.45) is -4.36. The van der Waals surface area contributed by atoms with Gasteiger partial charge in [-0.15, -0.1) is 11.3 Å². The number of nitrogens with zero attached hydrogens (tertiary/aromatic N) is 1. The molecule has 0 bridgehead atoms. The average molecular weight is 282 g/mol. The van der Waals surface area contributed by atoms with Crippen LogP contribution in [0.1, 0.15) is 5.01 Å². The lowest BCUT2D eigenvalue weighted by Gasteiger charge is -1.98. The fourth-order valence-corrected chi connectivity index (χ4v) is 2.48. The molecule has 74 valence electrons. The zero-order chi connectivity index (χ0) is 10.3. The largest absolute Gasteiger partial charge is 0.443 e. The van der Waals surface area contributed by atoms with Crippen molar-refractivity contribution in [2.24, 2.45) is 0 Å². The molecule has 0 unspecified atom stereocenters. The maximum Gasteiger partial charge on any atom is 0.443 e. The summed E-state index contributed by atoms with van der Waals surface area (Å²) in [7, 11) is 0. The summed E-state index contributed by atoms with van der Waals surface area (Å²) in [5.74, 6) is 0. The van der Waals surface area contributed by atoms with E-state index < -0.39 is 11.2 Å². The predicted molar refractivity (Wildman–Crippen MR) is 52.3 cm³/mol. The van der Waals surface area contributed by atoms with Crippen molar-refractivity contribution in [3.63, 3.8) is 0 Å². The first-order valence-electron chi connectivity index (χ1n) is 3.61. The quantitative estimate of drug-likeness (QED) is 0.709. The fourth-order valence-electron chi connectivity index (χ4n) is 1.04. The molecule has 14 heavy (non-hydrogen) atoms. The highest BCUT2D eigenvalue weighted by Gasteiger charge is 2.35. The Hall–Kier alpha value is -0.620. The molecule has 0 saturated carbocycles. The molecule has 2 rings (SSSR count). The van der Waals surface area contributed by atoms with Crippen LogP contribution in [0.3, 0.4) is 0 Å². The Morgan fingerprint density at radius 1 is 1.29 bits per heavy atom. The number of para-hydroxylation sites is 1. The third kappa shape index (κ3) is 1.64. The minimum atomic E-state index is -4.36. The molecule has 0 radical (unpaired) electrons. The fraction of sp³-hybridized carbons (Fsp3) is 0.125. The number of aromatic nitrogens is 1. The molecule has 0 aliphatic heterocycles. The van der Waals surface area contributed by atoms with Crippen LogP contribution < -0.4 is 0 Å². The number of hydrogen-bond donors (Lipinski definition) is 0. The Balaban J connectivity index is 2.69. The van der Waals surface area contributed by atoms with Crippen LogP contribution >= 0.6 is 27.3 Å². The van der Waals surface area contributed by atoms with Crippen LogP contribution in [0.4, 0.5) is 13.2 Å². The van der Waals surface area contributed by atoms with Crippen LogP contribution in [0, 0.1) is 0 Å². The van der Waals surface area contributed by atoms with Crippen molar-refractivity contribution in [2.75, 3.05) is 0 Å². The Morgan fingerprint density at radius 2 is 2.00 bits per heavy atom.